The zero-order valence-corrected chi connectivity index (χ0v) is 13.8. The maximum atomic E-state index is 12.1. The average Bonchev–Trinajstić information content (AvgIpc) is 2.65. The van der Waals surface area contributed by atoms with E-state index >= 15 is 0 Å². The maximum Gasteiger partial charge on any atom is 0.251 e. The lowest BCUT2D eigenvalue weighted by Gasteiger charge is -2.13. The monoisotopic (exact) mass is 337 g/mol. The van der Waals surface area contributed by atoms with Crippen molar-refractivity contribution in [2.45, 2.75) is 56.7 Å². The minimum Gasteiger partial charge on any atom is -0.352 e. The second kappa shape index (κ2) is 7.82. The number of carbonyl (C=O) groups excluding carboxylic acids is 1. The molecule has 1 N–H and O–H groups in total. The van der Waals surface area contributed by atoms with Gasteiger partial charge >= 0.3 is 0 Å². The normalized spacial score (nSPS) is 16.2. The van der Waals surface area contributed by atoms with Crippen molar-refractivity contribution in [2.24, 2.45) is 0 Å². The Morgan fingerprint density at radius 1 is 1.30 bits per heavy atom. The SMILES string of the molecule is CCCCCCC(Br)c1ccc2c(c1)C(=O)NCCC2. The molecule has 3 heteroatoms. The van der Waals surface area contributed by atoms with Gasteiger partial charge in [0.15, 0.2) is 0 Å². The van der Waals surface area contributed by atoms with Crippen LogP contribution >= 0.6 is 15.9 Å². The summed E-state index contributed by atoms with van der Waals surface area (Å²) in [6, 6.07) is 6.39. The highest BCUT2D eigenvalue weighted by Crippen LogP contribution is 2.30. The third-order valence-electron chi connectivity index (χ3n) is 3.96. The van der Waals surface area contributed by atoms with E-state index in [4.69, 9.17) is 0 Å². The molecule has 0 saturated carbocycles. The first-order valence-electron chi connectivity index (χ1n) is 7.77. The predicted octanol–water partition coefficient (Wildman–Crippen LogP) is 4.77. The van der Waals surface area contributed by atoms with E-state index in [1.807, 2.05) is 0 Å². The molecule has 1 amide bonds. The highest BCUT2D eigenvalue weighted by molar-refractivity contribution is 9.09. The number of hydrogen-bond donors (Lipinski definition) is 1. The Kier molecular flexibility index (Phi) is 6.08. The minimum atomic E-state index is 0.0880. The standard InChI is InChI=1S/C17H24BrNO/c1-2-3-4-5-8-16(18)14-10-9-13-7-6-11-19-17(20)15(13)12-14/h9-10,12,16H,2-8,11H2,1H3,(H,19,20). The van der Waals surface area contributed by atoms with Gasteiger partial charge in [0.2, 0.25) is 0 Å². The third kappa shape index (κ3) is 4.08. The highest BCUT2D eigenvalue weighted by Gasteiger charge is 2.17. The van der Waals surface area contributed by atoms with Crippen molar-refractivity contribution in [1.29, 1.82) is 0 Å². The Bertz CT molecular complexity index is 458. The van der Waals surface area contributed by atoms with Gasteiger partial charge < -0.3 is 5.32 Å². The van der Waals surface area contributed by atoms with Gasteiger partial charge in [-0.15, -0.1) is 0 Å². The van der Waals surface area contributed by atoms with Crippen LogP contribution in [-0.4, -0.2) is 12.5 Å². The number of halogens is 1. The molecule has 0 radical (unpaired) electrons. The molecule has 1 aliphatic heterocycles. The van der Waals surface area contributed by atoms with Crippen LogP contribution in [0.1, 0.15) is 71.8 Å². The van der Waals surface area contributed by atoms with Crippen LogP contribution in [-0.2, 0) is 6.42 Å². The number of benzene rings is 1. The molecule has 1 unspecified atom stereocenters. The number of carbonyl (C=O) groups is 1. The number of fused-ring (bicyclic) bond motifs is 1. The van der Waals surface area contributed by atoms with E-state index < -0.39 is 0 Å². The molecule has 110 valence electrons. The number of hydrogen-bond acceptors (Lipinski definition) is 1. The molecule has 1 heterocycles. The second-order valence-corrected chi connectivity index (χ2v) is 6.70. The molecule has 1 aromatic carbocycles. The van der Waals surface area contributed by atoms with Gasteiger partial charge in [0.05, 0.1) is 0 Å². The molecule has 0 aromatic heterocycles. The first kappa shape index (κ1) is 15.6. The Balaban J connectivity index is 2.04. The first-order chi connectivity index (χ1) is 9.72. The van der Waals surface area contributed by atoms with Crippen molar-refractivity contribution in [3.05, 3.63) is 34.9 Å². The van der Waals surface area contributed by atoms with Crippen molar-refractivity contribution in [3.63, 3.8) is 0 Å². The number of amides is 1. The van der Waals surface area contributed by atoms with Gasteiger partial charge in [0.25, 0.3) is 5.91 Å². The fourth-order valence-electron chi connectivity index (χ4n) is 2.71. The number of nitrogens with one attached hydrogen (secondary N) is 1. The molecule has 0 spiro atoms. The summed E-state index contributed by atoms with van der Waals surface area (Å²) in [7, 11) is 0. The summed E-state index contributed by atoms with van der Waals surface area (Å²) in [4.78, 5) is 12.4. The smallest absolute Gasteiger partial charge is 0.251 e. The van der Waals surface area contributed by atoms with Crippen molar-refractivity contribution < 1.29 is 4.79 Å². The van der Waals surface area contributed by atoms with Crippen molar-refractivity contribution in [3.8, 4) is 0 Å². The van der Waals surface area contributed by atoms with Crippen LogP contribution in [0.5, 0.6) is 0 Å². The topological polar surface area (TPSA) is 29.1 Å². The van der Waals surface area contributed by atoms with E-state index in [9.17, 15) is 4.79 Å². The van der Waals surface area contributed by atoms with E-state index in [-0.39, 0.29) is 5.91 Å². The van der Waals surface area contributed by atoms with Gasteiger partial charge in [0, 0.05) is 16.9 Å². The van der Waals surface area contributed by atoms with Crippen LogP contribution in [0.25, 0.3) is 0 Å². The summed E-state index contributed by atoms with van der Waals surface area (Å²) in [6.07, 6.45) is 8.29. The molecule has 0 saturated heterocycles. The molecule has 1 atom stereocenters. The lowest BCUT2D eigenvalue weighted by Crippen LogP contribution is -2.22. The van der Waals surface area contributed by atoms with Crippen LogP contribution in [0.2, 0.25) is 0 Å². The number of rotatable bonds is 6. The summed E-state index contributed by atoms with van der Waals surface area (Å²) in [5.74, 6) is 0.0880. The molecule has 1 aromatic rings. The largest absolute Gasteiger partial charge is 0.352 e. The van der Waals surface area contributed by atoms with Crippen molar-refractivity contribution >= 4 is 21.8 Å². The molecular weight excluding hydrogens is 314 g/mol. The van der Waals surface area contributed by atoms with Gasteiger partial charge in [-0.05, 0) is 36.5 Å². The van der Waals surface area contributed by atoms with Gasteiger partial charge in [-0.25, -0.2) is 0 Å². The van der Waals surface area contributed by atoms with Crippen LogP contribution < -0.4 is 5.32 Å². The molecular formula is C17H24BrNO. The van der Waals surface area contributed by atoms with Gasteiger partial charge in [0.1, 0.15) is 0 Å². The Hall–Kier alpha value is -0.830. The maximum absolute atomic E-state index is 12.1. The lowest BCUT2D eigenvalue weighted by molar-refractivity contribution is 0.0956. The zero-order valence-electron chi connectivity index (χ0n) is 12.3. The summed E-state index contributed by atoms with van der Waals surface area (Å²) < 4.78 is 0. The summed E-state index contributed by atoms with van der Waals surface area (Å²) in [5, 5.41) is 2.97. The Morgan fingerprint density at radius 3 is 2.95 bits per heavy atom. The van der Waals surface area contributed by atoms with Gasteiger partial charge in [-0.3, -0.25) is 4.79 Å². The summed E-state index contributed by atoms with van der Waals surface area (Å²) >= 11 is 3.77. The van der Waals surface area contributed by atoms with Crippen molar-refractivity contribution in [1.82, 2.24) is 5.32 Å². The minimum absolute atomic E-state index is 0.0880. The molecule has 0 fully saturated rings. The molecule has 2 rings (SSSR count). The van der Waals surface area contributed by atoms with Crippen LogP contribution in [0.15, 0.2) is 18.2 Å². The van der Waals surface area contributed by atoms with E-state index in [1.165, 1.54) is 36.8 Å². The van der Waals surface area contributed by atoms with Gasteiger partial charge in [-0.2, -0.15) is 0 Å². The van der Waals surface area contributed by atoms with E-state index in [0.717, 1.165) is 31.4 Å². The van der Waals surface area contributed by atoms with E-state index in [2.05, 4.69) is 46.4 Å². The fraction of sp³-hybridized carbons (Fsp3) is 0.588. The van der Waals surface area contributed by atoms with Gasteiger partial charge in [-0.1, -0.05) is 60.7 Å². The zero-order chi connectivity index (χ0) is 14.4. The number of alkyl halides is 1. The quantitative estimate of drug-likeness (QED) is 0.587. The summed E-state index contributed by atoms with van der Waals surface area (Å²) in [5.41, 5.74) is 3.30. The second-order valence-electron chi connectivity index (χ2n) is 5.59. The first-order valence-corrected chi connectivity index (χ1v) is 8.69. The van der Waals surface area contributed by atoms with Crippen LogP contribution in [0, 0.1) is 0 Å². The Morgan fingerprint density at radius 2 is 2.15 bits per heavy atom. The molecule has 0 aliphatic carbocycles. The summed E-state index contributed by atoms with van der Waals surface area (Å²) in [6.45, 7) is 3.02. The molecule has 20 heavy (non-hydrogen) atoms. The van der Waals surface area contributed by atoms with E-state index in [1.54, 1.807) is 0 Å². The van der Waals surface area contributed by atoms with Crippen LogP contribution in [0.4, 0.5) is 0 Å². The van der Waals surface area contributed by atoms with Crippen molar-refractivity contribution in [2.75, 3.05) is 6.54 Å². The third-order valence-corrected chi connectivity index (χ3v) is 4.95. The highest BCUT2D eigenvalue weighted by atomic mass is 79.9. The van der Waals surface area contributed by atoms with Crippen LogP contribution in [0.3, 0.4) is 0 Å². The van der Waals surface area contributed by atoms with E-state index in [0.29, 0.717) is 4.83 Å². The fourth-order valence-corrected chi connectivity index (χ4v) is 3.32. The average molecular weight is 338 g/mol. The molecule has 0 bridgehead atoms. The lowest BCUT2D eigenvalue weighted by atomic mass is 9.98. The molecule has 2 nitrogen and oxygen atoms in total. The predicted molar refractivity (Wildman–Crippen MR) is 87.5 cm³/mol. The number of aryl methyl sites for hydroxylation is 1. The molecule has 1 aliphatic rings. The Labute approximate surface area is 130 Å². The number of unbranched alkanes of at least 4 members (excludes halogenated alkanes) is 3.